The van der Waals surface area contributed by atoms with Gasteiger partial charge in [-0.05, 0) is 0 Å². The van der Waals surface area contributed by atoms with Gasteiger partial charge in [-0.3, -0.25) is 0 Å². The van der Waals surface area contributed by atoms with E-state index in [0.29, 0.717) is 24.7 Å². The minimum absolute atomic E-state index is 0.300. The van der Waals surface area contributed by atoms with Gasteiger partial charge in [-0.15, -0.1) is 0 Å². The fourth-order valence-corrected chi connectivity index (χ4v) is 0. The Morgan fingerprint density at radius 3 is 1.25 bits per heavy atom. The Morgan fingerprint density at radius 2 is 1.25 bits per heavy atom. The summed E-state index contributed by atoms with van der Waals surface area (Å²) in [6.07, 6.45) is 0. The van der Waals surface area contributed by atoms with E-state index in [2.05, 4.69) is 0 Å². The van der Waals surface area contributed by atoms with Crippen molar-refractivity contribution in [3.05, 3.63) is 0 Å². The van der Waals surface area contributed by atoms with Gasteiger partial charge in [0.25, 0.3) is 0 Å². The second kappa shape index (κ2) is 33.6. The molecular weight excluding hydrogens is 174 g/mol. The van der Waals surface area contributed by atoms with E-state index in [1.54, 1.807) is 0 Å². The molecule has 0 saturated heterocycles. The molecule has 0 aliphatic rings. The topological polar surface area (TPSA) is 34.1 Å². The molecule has 0 amide bonds. The van der Waals surface area contributed by atoms with Crippen molar-refractivity contribution in [3.8, 4) is 0 Å². The molecule has 0 spiro atoms. The monoisotopic (exact) mass is 173 g/mol. The third-order valence-corrected chi connectivity index (χ3v) is 0. The zero-order chi connectivity index (χ0) is 4.00. The molecule has 21 valence electrons. The normalized spacial score (nSPS) is 1.50. The van der Waals surface area contributed by atoms with Crippen molar-refractivity contribution in [1.82, 2.24) is 0 Å². The van der Waals surface area contributed by atoms with E-state index in [4.69, 9.17) is 6.49 Å². The van der Waals surface area contributed by atoms with E-state index in [1.807, 2.05) is 0 Å². The molecule has 0 bridgehead atoms. The predicted octanol–water partition coefficient (Wildman–Crippen LogP) is -0.243. The summed E-state index contributed by atoms with van der Waals surface area (Å²) in [5.74, 6) is 0. The van der Waals surface area contributed by atoms with Crippen LogP contribution < -0.4 is 0 Å². The fraction of sp³-hybridized carbons (Fsp3) is 0. The Morgan fingerprint density at radius 1 is 1.25 bits per heavy atom. The Hall–Kier alpha value is 1.07. The second-order valence-corrected chi connectivity index (χ2v) is 0. The molecular formula is O2VZr. The van der Waals surface area contributed by atoms with Crippen molar-refractivity contribution in [1.29, 1.82) is 0 Å². The maximum atomic E-state index is 8.34. The van der Waals surface area contributed by atoms with Crippen molar-refractivity contribution in [2.45, 2.75) is 0 Å². The average Bonchev–Trinajstić information content (AvgIpc) is 1.50. The maximum absolute atomic E-state index is 8.34. The van der Waals surface area contributed by atoms with Crippen LogP contribution in [0, 0.1) is 0 Å². The third kappa shape index (κ3) is 11.5. The summed E-state index contributed by atoms with van der Waals surface area (Å²) < 4.78 is 16.5. The van der Waals surface area contributed by atoms with Crippen LogP contribution in [0.1, 0.15) is 0 Å². The molecule has 4 heteroatoms. The number of hydrogen-bond donors (Lipinski definition) is 0. The molecule has 0 fully saturated rings. The van der Waals surface area contributed by atoms with Gasteiger partial charge in [0.05, 0.1) is 0 Å². The molecule has 0 heterocycles. The summed E-state index contributed by atoms with van der Waals surface area (Å²) >= 11 is 1.36. The van der Waals surface area contributed by atoms with E-state index in [0.717, 1.165) is 17.4 Å². The van der Waals surface area contributed by atoms with Crippen LogP contribution in [0.3, 0.4) is 0 Å². The summed E-state index contributed by atoms with van der Waals surface area (Å²) in [5, 5.41) is 0. The van der Waals surface area contributed by atoms with Crippen LogP contribution in [0.4, 0.5) is 0 Å². The molecule has 0 aromatic rings. The summed E-state index contributed by atoms with van der Waals surface area (Å²) in [6, 6.07) is 0. The van der Waals surface area contributed by atoms with Gasteiger partial charge in [0.2, 0.25) is 0 Å². The van der Waals surface area contributed by atoms with Crippen molar-refractivity contribution < 1.29 is 48.6 Å². The predicted molar refractivity (Wildman–Crippen MR) is 1.37 cm³/mol. The van der Waals surface area contributed by atoms with Gasteiger partial charge in [0.1, 0.15) is 0 Å². The van der Waals surface area contributed by atoms with E-state index >= 15 is 0 Å². The fourth-order valence-electron chi connectivity index (χ4n) is 0. The first-order valence-electron chi connectivity index (χ1n) is 0.387. The first-order chi connectivity index (χ1) is 2.00. The third-order valence-electron chi connectivity index (χ3n) is 0. The second-order valence-electron chi connectivity index (χ2n) is 0. The van der Waals surface area contributed by atoms with Gasteiger partial charge >= 0.3 is 48.6 Å². The Bertz CT molecular complexity index is 8.00. The Labute approximate surface area is 48.5 Å². The zero-order valence-corrected chi connectivity index (χ0v) is 5.62. The van der Waals surface area contributed by atoms with E-state index < -0.39 is 0 Å². The molecule has 0 atom stereocenters. The van der Waals surface area contributed by atoms with Gasteiger partial charge in [-0.2, -0.15) is 0 Å². The van der Waals surface area contributed by atoms with Crippen LogP contribution in [-0.4, -0.2) is 0 Å². The van der Waals surface area contributed by atoms with Crippen molar-refractivity contribution >= 4 is 0 Å². The van der Waals surface area contributed by atoms with Gasteiger partial charge in [-0.1, -0.05) is 0 Å². The molecule has 0 radical (unpaired) electrons. The Kier molecular flexibility index (Phi) is 74.8. The minimum atomic E-state index is 0.300. The molecule has 2 nitrogen and oxygen atoms in total. The molecule has 0 aliphatic heterocycles. The van der Waals surface area contributed by atoms with E-state index in [9.17, 15) is 0 Å². The van der Waals surface area contributed by atoms with Crippen LogP contribution in [0.25, 0.3) is 0 Å². The molecule has 0 aliphatic carbocycles. The summed E-state index contributed by atoms with van der Waals surface area (Å²) in [5.41, 5.74) is 0. The molecule has 0 unspecified atom stereocenters. The van der Waals surface area contributed by atoms with E-state index in [1.165, 1.54) is 0 Å². The SMILES string of the molecule is [O]=[V].[O]=[Zr]. The average molecular weight is 174 g/mol. The molecule has 0 N–H and O–H groups in total. The summed E-state index contributed by atoms with van der Waals surface area (Å²) in [6.45, 7) is 0. The van der Waals surface area contributed by atoms with Gasteiger partial charge in [-0.25, -0.2) is 0 Å². The molecule has 0 rings (SSSR count). The molecule has 4 heavy (non-hydrogen) atoms. The Balaban J connectivity index is 0. The molecule has 0 aromatic carbocycles. The van der Waals surface area contributed by atoms with Crippen LogP contribution in [0.2, 0.25) is 0 Å². The van der Waals surface area contributed by atoms with E-state index in [-0.39, 0.29) is 0 Å². The standard InChI is InChI=1S/2O.V.Zr. The quantitative estimate of drug-likeness (QED) is 0.508. The van der Waals surface area contributed by atoms with Crippen LogP contribution in [0.15, 0.2) is 0 Å². The number of hydrogen-bond acceptors (Lipinski definition) is 2. The molecule has 0 saturated carbocycles. The van der Waals surface area contributed by atoms with Gasteiger partial charge < -0.3 is 0 Å². The first-order valence-corrected chi connectivity index (χ1v) is 1.96. The summed E-state index contributed by atoms with van der Waals surface area (Å²) in [7, 11) is 0. The first kappa shape index (κ1) is 8.91. The number of rotatable bonds is 0. The van der Waals surface area contributed by atoms with Gasteiger partial charge in [0, 0.05) is 0 Å². The van der Waals surface area contributed by atoms with Crippen molar-refractivity contribution in [2.24, 2.45) is 0 Å². The van der Waals surface area contributed by atoms with Crippen molar-refractivity contribution in [3.63, 3.8) is 0 Å². The van der Waals surface area contributed by atoms with Crippen LogP contribution in [0.5, 0.6) is 0 Å². The van der Waals surface area contributed by atoms with Gasteiger partial charge in [0.15, 0.2) is 0 Å². The van der Waals surface area contributed by atoms with Crippen LogP contribution >= 0.6 is 0 Å². The zero-order valence-electron chi connectivity index (χ0n) is 1.76. The summed E-state index contributed by atoms with van der Waals surface area (Å²) in [4.78, 5) is 0. The molecule has 0 aromatic heterocycles. The van der Waals surface area contributed by atoms with Crippen molar-refractivity contribution in [2.75, 3.05) is 0 Å². The van der Waals surface area contributed by atoms with Crippen LogP contribution in [-0.2, 0) is 48.6 Å².